The summed E-state index contributed by atoms with van der Waals surface area (Å²) in [5, 5.41) is 0. The smallest absolute Gasteiger partial charge is 0.277 e. The standard InChI is InChI=1S/C10H20N2O3P/c13-16(14-9-11-5-1-2-6-11)15-10-12-7-3-4-8-12/h1-10H2/q+1. The molecule has 5 nitrogen and oxygen atoms in total. The van der Waals surface area contributed by atoms with Crippen molar-refractivity contribution >= 4 is 8.25 Å². The van der Waals surface area contributed by atoms with Crippen molar-refractivity contribution in [1.29, 1.82) is 0 Å². The molecule has 2 aliphatic heterocycles. The summed E-state index contributed by atoms with van der Waals surface area (Å²) >= 11 is 0. The van der Waals surface area contributed by atoms with E-state index in [0.29, 0.717) is 13.5 Å². The van der Waals surface area contributed by atoms with Crippen LogP contribution in [0.1, 0.15) is 25.7 Å². The van der Waals surface area contributed by atoms with Crippen molar-refractivity contribution in [3.05, 3.63) is 0 Å². The lowest BCUT2D eigenvalue weighted by molar-refractivity contribution is 0.0997. The summed E-state index contributed by atoms with van der Waals surface area (Å²) in [4.78, 5) is 4.32. The van der Waals surface area contributed by atoms with Crippen LogP contribution in [-0.4, -0.2) is 49.4 Å². The van der Waals surface area contributed by atoms with Gasteiger partial charge in [0.05, 0.1) is 0 Å². The molecule has 0 bridgehead atoms. The Morgan fingerprint density at radius 2 is 1.19 bits per heavy atom. The van der Waals surface area contributed by atoms with Gasteiger partial charge in [0, 0.05) is 30.7 Å². The zero-order valence-electron chi connectivity index (χ0n) is 9.64. The van der Waals surface area contributed by atoms with Gasteiger partial charge in [-0.15, -0.1) is 9.05 Å². The predicted molar refractivity (Wildman–Crippen MR) is 61.1 cm³/mol. The van der Waals surface area contributed by atoms with Crippen LogP contribution in [0.15, 0.2) is 0 Å². The molecule has 0 aromatic carbocycles. The molecule has 6 heteroatoms. The zero-order chi connectivity index (χ0) is 11.2. The second-order valence-corrected chi connectivity index (χ2v) is 5.35. The Hall–Kier alpha value is -0.0600. The normalized spacial score (nSPS) is 23.0. The molecule has 0 aliphatic carbocycles. The van der Waals surface area contributed by atoms with Gasteiger partial charge >= 0.3 is 8.25 Å². The number of hydrogen-bond acceptors (Lipinski definition) is 5. The van der Waals surface area contributed by atoms with E-state index < -0.39 is 8.25 Å². The SMILES string of the molecule is O=[P+](OCN1CCCC1)OCN1CCCC1. The van der Waals surface area contributed by atoms with Crippen molar-refractivity contribution in [2.24, 2.45) is 0 Å². The molecule has 0 spiro atoms. The van der Waals surface area contributed by atoms with Crippen LogP contribution in [0.3, 0.4) is 0 Å². The quantitative estimate of drug-likeness (QED) is 0.669. The first-order valence-electron chi connectivity index (χ1n) is 6.02. The third-order valence-electron chi connectivity index (χ3n) is 3.09. The first kappa shape index (κ1) is 12.4. The van der Waals surface area contributed by atoms with E-state index in [1.165, 1.54) is 25.7 Å². The molecular formula is C10H20N2O3P+. The maximum Gasteiger partial charge on any atom is 0.700 e. The van der Waals surface area contributed by atoms with Crippen molar-refractivity contribution in [3.63, 3.8) is 0 Å². The van der Waals surface area contributed by atoms with Crippen LogP contribution in [0.25, 0.3) is 0 Å². The summed E-state index contributed by atoms with van der Waals surface area (Å²) < 4.78 is 21.8. The minimum Gasteiger partial charge on any atom is -0.277 e. The molecule has 0 aromatic rings. The highest BCUT2D eigenvalue weighted by Gasteiger charge is 2.25. The first-order valence-corrected chi connectivity index (χ1v) is 7.12. The molecule has 2 aliphatic rings. The summed E-state index contributed by atoms with van der Waals surface area (Å²) in [6.45, 7) is 5.08. The topological polar surface area (TPSA) is 42.0 Å². The van der Waals surface area contributed by atoms with Gasteiger partial charge in [0.15, 0.2) is 13.5 Å². The van der Waals surface area contributed by atoms with Crippen molar-refractivity contribution < 1.29 is 13.6 Å². The third-order valence-corrected chi connectivity index (χ3v) is 3.74. The molecule has 0 atom stereocenters. The van der Waals surface area contributed by atoms with Gasteiger partial charge in [0.1, 0.15) is 0 Å². The highest BCUT2D eigenvalue weighted by Crippen LogP contribution is 2.25. The highest BCUT2D eigenvalue weighted by atomic mass is 31.1. The Morgan fingerprint density at radius 3 is 1.56 bits per heavy atom. The van der Waals surface area contributed by atoms with Crippen molar-refractivity contribution in [2.75, 3.05) is 39.6 Å². The summed E-state index contributed by atoms with van der Waals surface area (Å²) in [6.07, 6.45) is 4.87. The fourth-order valence-electron chi connectivity index (χ4n) is 2.12. The van der Waals surface area contributed by atoms with Gasteiger partial charge < -0.3 is 0 Å². The highest BCUT2D eigenvalue weighted by molar-refractivity contribution is 7.33. The van der Waals surface area contributed by atoms with Gasteiger partial charge in [-0.2, -0.15) is 0 Å². The number of likely N-dealkylation sites (tertiary alicyclic amines) is 2. The van der Waals surface area contributed by atoms with Gasteiger partial charge in [-0.05, 0) is 25.7 Å². The van der Waals surface area contributed by atoms with Crippen molar-refractivity contribution in [1.82, 2.24) is 9.80 Å². The van der Waals surface area contributed by atoms with E-state index in [9.17, 15) is 4.57 Å². The van der Waals surface area contributed by atoms with Crippen LogP contribution in [0.5, 0.6) is 0 Å². The van der Waals surface area contributed by atoms with E-state index >= 15 is 0 Å². The maximum absolute atomic E-state index is 11.4. The maximum atomic E-state index is 11.4. The molecule has 0 aromatic heterocycles. The minimum absolute atomic E-state index is 0.440. The van der Waals surface area contributed by atoms with Crippen LogP contribution in [-0.2, 0) is 13.6 Å². The third kappa shape index (κ3) is 4.07. The number of nitrogens with zero attached hydrogens (tertiary/aromatic N) is 2. The molecule has 92 valence electrons. The molecule has 2 rings (SSSR count). The van der Waals surface area contributed by atoms with E-state index in [-0.39, 0.29) is 0 Å². The number of rotatable bonds is 6. The van der Waals surface area contributed by atoms with Crippen LogP contribution in [0.4, 0.5) is 0 Å². The van der Waals surface area contributed by atoms with Crippen LogP contribution in [0.2, 0.25) is 0 Å². The van der Waals surface area contributed by atoms with Crippen molar-refractivity contribution in [3.8, 4) is 0 Å². The van der Waals surface area contributed by atoms with E-state index in [0.717, 1.165) is 26.2 Å². The fourth-order valence-corrected chi connectivity index (χ4v) is 2.71. The van der Waals surface area contributed by atoms with Gasteiger partial charge in [0.2, 0.25) is 0 Å². The van der Waals surface area contributed by atoms with Crippen LogP contribution < -0.4 is 0 Å². The molecule has 2 saturated heterocycles. The molecular weight excluding hydrogens is 227 g/mol. The first-order chi connectivity index (χ1) is 7.84. The molecule has 0 unspecified atom stereocenters. The second kappa shape index (κ2) is 6.62. The Bertz CT molecular complexity index is 206. The van der Waals surface area contributed by atoms with E-state index in [1.54, 1.807) is 0 Å². The van der Waals surface area contributed by atoms with Gasteiger partial charge in [0.25, 0.3) is 0 Å². The van der Waals surface area contributed by atoms with E-state index in [2.05, 4.69) is 9.80 Å². The Morgan fingerprint density at radius 1 is 0.812 bits per heavy atom. The Labute approximate surface area is 97.6 Å². The molecule has 2 fully saturated rings. The summed E-state index contributed by atoms with van der Waals surface area (Å²) in [5.74, 6) is 0. The number of hydrogen-bond donors (Lipinski definition) is 0. The predicted octanol–water partition coefficient (Wildman–Crippen LogP) is 1.78. The minimum atomic E-state index is -1.95. The molecule has 0 amide bonds. The average molecular weight is 247 g/mol. The molecule has 0 saturated carbocycles. The monoisotopic (exact) mass is 247 g/mol. The summed E-state index contributed by atoms with van der Waals surface area (Å²) in [7, 11) is -1.95. The van der Waals surface area contributed by atoms with E-state index in [1.807, 2.05) is 0 Å². The second-order valence-electron chi connectivity index (χ2n) is 4.39. The summed E-state index contributed by atoms with van der Waals surface area (Å²) in [6, 6.07) is 0. The Balaban J connectivity index is 1.53. The van der Waals surface area contributed by atoms with Gasteiger partial charge in [-0.25, -0.2) is 0 Å². The average Bonchev–Trinajstić information content (AvgIpc) is 2.96. The lowest BCUT2D eigenvalue weighted by Gasteiger charge is -2.10. The molecule has 0 radical (unpaired) electrons. The lowest BCUT2D eigenvalue weighted by Crippen LogP contribution is -2.23. The van der Waals surface area contributed by atoms with Crippen LogP contribution >= 0.6 is 8.25 Å². The van der Waals surface area contributed by atoms with E-state index in [4.69, 9.17) is 9.05 Å². The summed E-state index contributed by atoms with van der Waals surface area (Å²) in [5.41, 5.74) is 0. The van der Waals surface area contributed by atoms with Crippen LogP contribution in [0, 0.1) is 0 Å². The lowest BCUT2D eigenvalue weighted by atomic mass is 10.4. The molecule has 2 heterocycles. The zero-order valence-corrected chi connectivity index (χ0v) is 10.5. The Kier molecular flexibility index (Phi) is 5.13. The van der Waals surface area contributed by atoms with Gasteiger partial charge in [-0.3, -0.25) is 9.80 Å². The van der Waals surface area contributed by atoms with Crippen molar-refractivity contribution in [2.45, 2.75) is 25.7 Å². The molecule has 16 heavy (non-hydrogen) atoms. The molecule has 0 N–H and O–H groups in total. The van der Waals surface area contributed by atoms with Gasteiger partial charge in [-0.1, -0.05) is 0 Å². The fraction of sp³-hybridized carbons (Fsp3) is 1.00. The largest absolute Gasteiger partial charge is 0.700 e.